The van der Waals surface area contributed by atoms with Crippen LogP contribution in [0.5, 0.6) is 11.5 Å². The molecule has 5 nitrogen and oxygen atoms in total. The van der Waals surface area contributed by atoms with Gasteiger partial charge in [0.2, 0.25) is 0 Å². The van der Waals surface area contributed by atoms with Crippen LogP contribution in [0, 0.1) is 0 Å². The van der Waals surface area contributed by atoms with Crippen molar-refractivity contribution >= 4 is 44.6 Å². The molecule has 5 heteroatoms. The van der Waals surface area contributed by atoms with Crippen molar-refractivity contribution in [2.45, 2.75) is 117 Å². The number of anilines is 4. The molecule has 0 fully saturated rings. The van der Waals surface area contributed by atoms with Gasteiger partial charge in [-0.3, -0.25) is 4.57 Å². The van der Waals surface area contributed by atoms with Crippen molar-refractivity contribution in [2.24, 2.45) is 0 Å². The van der Waals surface area contributed by atoms with Gasteiger partial charge in [0.25, 0.3) is 0 Å². The van der Waals surface area contributed by atoms with Crippen LogP contribution in [0.3, 0.4) is 0 Å². The molecule has 7 aromatic carbocycles. The molecule has 71 heavy (non-hydrogen) atoms. The van der Waals surface area contributed by atoms with Gasteiger partial charge in [0.1, 0.15) is 24.0 Å². The molecule has 0 saturated carbocycles. The number of hydrogen-bond acceptors (Lipinski definition) is 4. The summed E-state index contributed by atoms with van der Waals surface area (Å²) in [7, 11) is 0. The van der Waals surface area contributed by atoms with E-state index in [4.69, 9.17) is 9.72 Å². The Bertz CT molecular complexity index is 3430. The molecule has 0 aliphatic carbocycles. The molecule has 0 saturated heterocycles. The third-order valence-electron chi connectivity index (χ3n) is 15.2. The highest BCUT2D eigenvalue weighted by molar-refractivity contribution is 6.10. The van der Waals surface area contributed by atoms with E-state index in [9.17, 15) is 0 Å². The van der Waals surface area contributed by atoms with E-state index >= 15 is 0 Å². The summed E-state index contributed by atoms with van der Waals surface area (Å²) >= 11 is 0. The van der Waals surface area contributed by atoms with Crippen LogP contribution in [0.4, 0.5) is 22.7 Å². The van der Waals surface area contributed by atoms with E-state index < -0.39 is 0 Å². The number of rotatable bonds is 9. The molecular formula is C66H70N4O. The Morgan fingerprint density at radius 1 is 0.380 bits per heavy atom. The lowest BCUT2D eigenvalue weighted by Crippen LogP contribution is -2.26. The third kappa shape index (κ3) is 8.90. The second-order valence-electron chi connectivity index (χ2n) is 24.0. The zero-order valence-corrected chi connectivity index (χ0v) is 44.1. The van der Waals surface area contributed by atoms with Gasteiger partial charge in [0.15, 0.2) is 0 Å². The highest BCUT2D eigenvalue weighted by Crippen LogP contribution is 2.49. The molecule has 0 atom stereocenters. The Hall–Kier alpha value is -7.11. The summed E-state index contributed by atoms with van der Waals surface area (Å²) in [5.74, 6) is 2.44. The zero-order valence-electron chi connectivity index (χ0n) is 44.1. The highest BCUT2D eigenvalue weighted by atomic mass is 16.5. The lowest BCUT2D eigenvalue weighted by atomic mass is 9.78. The van der Waals surface area contributed by atoms with Crippen LogP contribution < -0.4 is 14.5 Å². The fraction of sp³-hybridized carbons (Fsp3) is 0.288. The molecule has 2 aromatic heterocycles. The number of ether oxygens (including phenoxy) is 1. The summed E-state index contributed by atoms with van der Waals surface area (Å²) in [6, 6.07) is 62.6. The Morgan fingerprint density at radius 3 is 1.62 bits per heavy atom. The minimum absolute atomic E-state index is 0.00314. The van der Waals surface area contributed by atoms with Crippen molar-refractivity contribution in [3.05, 3.63) is 215 Å². The zero-order chi connectivity index (χ0) is 50.3. The standard InChI is InChI=1S/C66H70N4O/c1-62(2,3)46-27-31-57-56(38-46)55-30-29-53(42-59(55)70(57)61-40-48(33-34-67-61)64(7,8)9)71-54-37-50(66(12,13)45-23-18-15-19-24-45)36-52(41-54)69-43-68(58-32-28-47(39-60(58)69)63(4,5)6)51-26-20-25-49(35-51)65(10,11)44-21-16-14-17-22-44/h14-42H,43H2,1-13H3. The average Bonchev–Trinajstić information content (AvgIpc) is 3.89. The summed E-state index contributed by atoms with van der Waals surface area (Å²) in [4.78, 5) is 9.97. The van der Waals surface area contributed by atoms with E-state index in [1.807, 2.05) is 6.20 Å². The molecule has 1 aliphatic rings. The number of nitrogens with zero attached hydrogens (tertiary/aromatic N) is 4. The summed E-state index contributed by atoms with van der Waals surface area (Å²) in [6.07, 6.45) is 1.95. The van der Waals surface area contributed by atoms with Crippen molar-refractivity contribution in [1.82, 2.24) is 9.55 Å². The largest absolute Gasteiger partial charge is 0.457 e. The normalized spacial score (nSPS) is 13.6. The second-order valence-corrected chi connectivity index (χ2v) is 24.0. The Kier molecular flexibility index (Phi) is 11.6. The molecular weight excluding hydrogens is 865 g/mol. The fourth-order valence-electron chi connectivity index (χ4n) is 10.4. The van der Waals surface area contributed by atoms with Crippen LogP contribution in [0.2, 0.25) is 0 Å². The van der Waals surface area contributed by atoms with Crippen molar-refractivity contribution in [3.8, 4) is 17.3 Å². The van der Waals surface area contributed by atoms with Crippen LogP contribution in [-0.4, -0.2) is 16.2 Å². The van der Waals surface area contributed by atoms with Crippen LogP contribution in [0.15, 0.2) is 176 Å². The monoisotopic (exact) mass is 935 g/mol. The summed E-state index contributed by atoms with van der Waals surface area (Å²) < 4.78 is 9.52. The maximum absolute atomic E-state index is 7.20. The van der Waals surface area contributed by atoms with Crippen molar-refractivity contribution < 1.29 is 4.74 Å². The maximum Gasteiger partial charge on any atom is 0.137 e. The molecule has 0 unspecified atom stereocenters. The topological polar surface area (TPSA) is 33.5 Å². The van der Waals surface area contributed by atoms with Crippen molar-refractivity contribution in [1.29, 1.82) is 0 Å². The van der Waals surface area contributed by atoms with Gasteiger partial charge in [-0.15, -0.1) is 0 Å². The van der Waals surface area contributed by atoms with Gasteiger partial charge in [0.05, 0.1) is 22.4 Å². The van der Waals surface area contributed by atoms with Gasteiger partial charge >= 0.3 is 0 Å². The first kappa shape index (κ1) is 47.6. The molecule has 360 valence electrons. The molecule has 0 N–H and O–H groups in total. The van der Waals surface area contributed by atoms with Crippen LogP contribution in [0.1, 0.15) is 129 Å². The van der Waals surface area contributed by atoms with Gasteiger partial charge < -0.3 is 14.5 Å². The minimum Gasteiger partial charge on any atom is -0.457 e. The molecule has 0 radical (unpaired) electrons. The first-order chi connectivity index (χ1) is 33.6. The summed E-state index contributed by atoms with van der Waals surface area (Å²) in [5.41, 5.74) is 15.0. The molecule has 1 aliphatic heterocycles. The summed E-state index contributed by atoms with van der Waals surface area (Å²) in [5, 5.41) is 2.37. The van der Waals surface area contributed by atoms with E-state index in [-0.39, 0.29) is 27.1 Å². The Balaban J connectivity index is 1.12. The fourth-order valence-corrected chi connectivity index (χ4v) is 10.4. The SMILES string of the molecule is CC(C)(C)c1ccnc(-n2c3ccc(C(C)(C)C)cc3c3ccc(Oc4cc(N5CN(c6cccc(C(C)(C)c7ccccc7)c6)c6ccc(C(C)(C)C)cc65)cc(C(C)(C)c5ccccc5)c4)cc32)c1. The third-order valence-corrected chi connectivity index (χ3v) is 15.2. The van der Waals surface area contributed by atoms with Gasteiger partial charge in [-0.2, -0.15) is 0 Å². The summed E-state index contributed by atoms with van der Waals surface area (Å²) in [6.45, 7) is 30.4. The predicted octanol–water partition coefficient (Wildman–Crippen LogP) is 17.8. The first-order valence-corrected chi connectivity index (χ1v) is 25.4. The number of hydrogen-bond donors (Lipinski definition) is 0. The van der Waals surface area contributed by atoms with E-state index in [2.05, 4.69) is 274 Å². The van der Waals surface area contributed by atoms with Gasteiger partial charge in [-0.1, -0.05) is 175 Å². The Morgan fingerprint density at radius 2 is 0.958 bits per heavy atom. The van der Waals surface area contributed by atoms with Crippen molar-refractivity contribution in [2.75, 3.05) is 16.5 Å². The molecule has 0 spiro atoms. The minimum atomic E-state index is -0.340. The van der Waals surface area contributed by atoms with E-state index in [1.165, 1.54) is 61.1 Å². The van der Waals surface area contributed by atoms with E-state index in [1.54, 1.807) is 0 Å². The van der Waals surface area contributed by atoms with E-state index in [0.29, 0.717) is 6.67 Å². The van der Waals surface area contributed by atoms with Crippen LogP contribution in [-0.2, 0) is 27.1 Å². The molecule has 10 rings (SSSR count). The van der Waals surface area contributed by atoms with Gasteiger partial charge in [-0.25, -0.2) is 4.98 Å². The number of fused-ring (bicyclic) bond motifs is 4. The number of benzene rings is 7. The molecule has 9 aromatic rings. The Labute approximate surface area is 422 Å². The number of pyridine rings is 1. The molecule has 3 heterocycles. The number of aromatic nitrogens is 2. The van der Waals surface area contributed by atoms with E-state index in [0.717, 1.165) is 39.7 Å². The molecule has 0 bridgehead atoms. The van der Waals surface area contributed by atoms with Gasteiger partial charge in [0, 0.05) is 51.3 Å². The van der Waals surface area contributed by atoms with Crippen LogP contribution in [0.25, 0.3) is 27.6 Å². The lowest BCUT2D eigenvalue weighted by Gasteiger charge is -2.30. The van der Waals surface area contributed by atoms with Crippen molar-refractivity contribution in [3.63, 3.8) is 0 Å². The maximum atomic E-state index is 7.20. The van der Waals surface area contributed by atoms with Gasteiger partial charge in [-0.05, 0) is 128 Å². The predicted molar refractivity (Wildman–Crippen MR) is 300 cm³/mol. The quantitative estimate of drug-likeness (QED) is 0.144. The second kappa shape index (κ2) is 17.3. The average molecular weight is 935 g/mol. The lowest BCUT2D eigenvalue weighted by molar-refractivity contribution is 0.480. The highest BCUT2D eigenvalue weighted by Gasteiger charge is 2.34. The van der Waals surface area contributed by atoms with Crippen LogP contribution >= 0.6 is 0 Å². The molecule has 0 amide bonds. The first-order valence-electron chi connectivity index (χ1n) is 25.4. The smallest absolute Gasteiger partial charge is 0.137 e.